The maximum absolute atomic E-state index is 13.2. The van der Waals surface area contributed by atoms with E-state index in [1.54, 1.807) is 6.07 Å². The van der Waals surface area contributed by atoms with Crippen molar-refractivity contribution in [2.45, 2.75) is 20.4 Å². The minimum absolute atomic E-state index is 0. The van der Waals surface area contributed by atoms with E-state index in [0.29, 0.717) is 32.3 Å². The van der Waals surface area contributed by atoms with Crippen LogP contribution in [-0.2, 0) is 11.3 Å². The van der Waals surface area contributed by atoms with Gasteiger partial charge in [-0.1, -0.05) is 15.9 Å². The molecule has 0 fully saturated rings. The number of guanidine groups is 1. The Morgan fingerprint density at radius 2 is 2.10 bits per heavy atom. The van der Waals surface area contributed by atoms with E-state index in [9.17, 15) is 4.39 Å². The van der Waals surface area contributed by atoms with Crippen molar-refractivity contribution < 1.29 is 9.13 Å². The Morgan fingerprint density at radius 3 is 2.76 bits per heavy atom. The molecule has 0 heterocycles. The predicted molar refractivity (Wildman–Crippen MR) is 98.8 cm³/mol. The highest BCUT2D eigenvalue weighted by atomic mass is 127. The molecule has 0 saturated carbocycles. The molecule has 0 unspecified atom stereocenters. The second-order valence-corrected chi connectivity index (χ2v) is 4.91. The number of aliphatic imine (C=N–C) groups is 1. The van der Waals surface area contributed by atoms with Gasteiger partial charge in [0.05, 0.1) is 13.2 Å². The van der Waals surface area contributed by atoms with Crippen LogP contribution in [0, 0.1) is 5.82 Å². The van der Waals surface area contributed by atoms with Crippen molar-refractivity contribution in [1.82, 2.24) is 10.6 Å². The molecule has 0 saturated heterocycles. The van der Waals surface area contributed by atoms with E-state index in [2.05, 4.69) is 31.6 Å². The first-order valence-corrected chi connectivity index (χ1v) is 7.50. The van der Waals surface area contributed by atoms with Crippen molar-refractivity contribution in [2.24, 2.45) is 4.99 Å². The molecule has 0 spiro atoms. The van der Waals surface area contributed by atoms with Gasteiger partial charge in [0, 0.05) is 24.2 Å². The van der Waals surface area contributed by atoms with Crippen LogP contribution >= 0.6 is 39.9 Å². The number of nitrogens with one attached hydrogen (secondary N) is 2. The van der Waals surface area contributed by atoms with E-state index in [4.69, 9.17) is 4.74 Å². The van der Waals surface area contributed by atoms with E-state index in [0.717, 1.165) is 16.6 Å². The Hall–Kier alpha value is -0.410. The third kappa shape index (κ3) is 8.57. The second-order valence-electron chi connectivity index (χ2n) is 4.05. The quantitative estimate of drug-likeness (QED) is 0.276. The average Bonchev–Trinajstić information content (AvgIpc) is 2.44. The molecule has 0 bridgehead atoms. The molecular weight excluding hydrogens is 452 g/mol. The number of rotatable bonds is 7. The summed E-state index contributed by atoms with van der Waals surface area (Å²) in [7, 11) is 0. The highest BCUT2D eigenvalue weighted by molar-refractivity contribution is 14.0. The Balaban J connectivity index is 0.00000400. The van der Waals surface area contributed by atoms with Crippen molar-refractivity contribution in [3.05, 3.63) is 34.1 Å². The van der Waals surface area contributed by atoms with Crippen LogP contribution in [0.1, 0.15) is 19.4 Å². The normalized spacial score (nSPS) is 11.0. The molecule has 2 N–H and O–H groups in total. The molecule has 0 aliphatic rings. The number of hydrogen-bond donors (Lipinski definition) is 2. The standard InChI is InChI=1S/C14H21BrFN3O.HI/c1-3-17-14(18-7-8-20-4-2)19-10-11-9-12(16)5-6-13(11)15;/h5-6,9H,3-4,7-8,10H2,1-2H3,(H2,17,18,19);1H. The smallest absolute Gasteiger partial charge is 0.191 e. The molecule has 0 amide bonds. The molecule has 1 aromatic rings. The molecule has 1 aromatic carbocycles. The van der Waals surface area contributed by atoms with Crippen molar-refractivity contribution >= 4 is 45.9 Å². The van der Waals surface area contributed by atoms with Gasteiger partial charge in [0.2, 0.25) is 0 Å². The predicted octanol–water partition coefficient (Wildman–Crippen LogP) is 3.30. The van der Waals surface area contributed by atoms with Crippen LogP contribution < -0.4 is 10.6 Å². The lowest BCUT2D eigenvalue weighted by atomic mass is 10.2. The number of ether oxygens (including phenoxy) is 1. The highest BCUT2D eigenvalue weighted by Crippen LogP contribution is 2.18. The molecular formula is C14H22BrFIN3O. The maximum atomic E-state index is 13.2. The fraction of sp³-hybridized carbons (Fsp3) is 0.500. The summed E-state index contributed by atoms with van der Waals surface area (Å²) in [5.74, 6) is 0.441. The summed E-state index contributed by atoms with van der Waals surface area (Å²) in [6.45, 7) is 7.14. The van der Waals surface area contributed by atoms with E-state index in [1.807, 2.05) is 13.8 Å². The van der Waals surface area contributed by atoms with Gasteiger partial charge < -0.3 is 15.4 Å². The van der Waals surface area contributed by atoms with E-state index >= 15 is 0 Å². The van der Waals surface area contributed by atoms with E-state index in [-0.39, 0.29) is 29.8 Å². The molecule has 0 atom stereocenters. The maximum Gasteiger partial charge on any atom is 0.191 e. The van der Waals surface area contributed by atoms with Gasteiger partial charge in [0.15, 0.2) is 5.96 Å². The lowest BCUT2D eigenvalue weighted by Crippen LogP contribution is -2.39. The first kappa shape index (κ1) is 20.6. The summed E-state index contributed by atoms with van der Waals surface area (Å²) < 4.78 is 19.3. The van der Waals surface area contributed by atoms with Gasteiger partial charge in [-0.3, -0.25) is 0 Å². The molecule has 0 aliphatic carbocycles. The fourth-order valence-corrected chi connectivity index (χ4v) is 1.93. The van der Waals surface area contributed by atoms with Gasteiger partial charge in [-0.2, -0.15) is 0 Å². The minimum atomic E-state index is -0.257. The molecule has 1 rings (SSSR count). The van der Waals surface area contributed by atoms with E-state index in [1.165, 1.54) is 12.1 Å². The van der Waals surface area contributed by atoms with Crippen LogP contribution in [0.3, 0.4) is 0 Å². The van der Waals surface area contributed by atoms with E-state index < -0.39 is 0 Å². The summed E-state index contributed by atoms with van der Waals surface area (Å²) in [4.78, 5) is 4.43. The molecule has 0 radical (unpaired) electrons. The molecule has 120 valence electrons. The second kappa shape index (κ2) is 12.2. The van der Waals surface area contributed by atoms with Crippen LogP contribution in [-0.4, -0.2) is 32.3 Å². The van der Waals surface area contributed by atoms with Gasteiger partial charge in [-0.05, 0) is 37.6 Å². The summed E-state index contributed by atoms with van der Waals surface area (Å²) in [5.41, 5.74) is 0.812. The Bertz CT molecular complexity index is 446. The summed E-state index contributed by atoms with van der Waals surface area (Å²) in [6.07, 6.45) is 0. The highest BCUT2D eigenvalue weighted by Gasteiger charge is 2.02. The van der Waals surface area contributed by atoms with Crippen molar-refractivity contribution in [3.8, 4) is 0 Å². The monoisotopic (exact) mass is 473 g/mol. The van der Waals surface area contributed by atoms with Gasteiger partial charge >= 0.3 is 0 Å². The first-order chi connectivity index (χ1) is 9.67. The van der Waals surface area contributed by atoms with Crippen molar-refractivity contribution in [3.63, 3.8) is 0 Å². The third-order valence-electron chi connectivity index (χ3n) is 2.50. The largest absolute Gasteiger partial charge is 0.380 e. The molecule has 7 heteroatoms. The van der Waals surface area contributed by atoms with Crippen LogP contribution in [0.5, 0.6) is 0 Å². The number of halogens is 3. The molecule has 4 nitrogen and oxygen atoms in total. The lowest BCUT2D eigenvalue weighted by molar-refractivity contribution is 0.152. The number of benzene rings is 1. The third-order valence-corrected chi connectivity index (χ3v) is 3.28. The average molecular weight is 474 g/mol. The Morgan fingerprint density at radius 1 is 1.33 bits per heavy atom. The Labute approximate surface area is 151 Å². The van der Waals surface area contributed by atoms with Crippen LogP contribution in [0.15, 0.2) is 27.7 Å². The summed E-state index contributed by atoms with van der Waals surface area (Å²) in [6, 6.07) is 4.59. The zero-order valence-corrected chi connectivity index (χ0v) is 16.2. The van der Waals surface area contributed by atoms with Gasteiger partial charge in [0.25, 0.3) is 0 Å². The van der Waals surface area contributed by atoms with Crippen LogP contribution in [0.2, 0.25) is 0 Å². The van der Waals surface area contributed by atoms with Crippen LogP contribution in [0.25, 0.3) is 0 Å². The zero-order chi connectivity index (χ0) is 14.8. The topological polar surface area (TPSA) is 45.7 Å². The molecule has 0 aliphatic heterocycles. The SMILES string of the molecule is CCNC(=NCc1cc(F)ccc1Br)NCCOCC.I. The van der Waals surface area contributed by atoms with Gasteiger partial charge in [-0.25, -0.2) is 9.38 Å². The Kier molecular flexibility index (Phi) is 11.9. The fourth-order valence-electron chi connectivity index (χ4n) is 1.56. The summed E-state index contributed by atoms with van der Waals surface area (Å²) >= 11 is 3.40. The minimum Gasteiger partial charge on any atom is -0.380 e. The van der Waals surface area contributed by atoms with Crippen LogP contribution in [0.4, 0.5) is 4.39 Å². The zero-order valence-electron chi connectivity index (χ0n) is 12.3. The summed E-state index contributed by atoms with van der Waals surface area (Å²) in [5, 5.41) is 6.30. The van der Waals surface area contributed by atoms with Gasteiger partial charge in [0.1, 0.15) is 5.82 Å². The van der Waals surface area contributed by atoms with Gasteiger partial charge in [-0.15, -0.1) is 24.0 Å². The van der Waals surface area contributed by atoms with Crippen molar-refractivity contribution in [1.29, 1.82) is 0 Å². The number of nitrogens with zero attached hydrogens (tertiary/aromatic N) is 1. The van der Waals surface area contributed by atoms with Crippen molar-refractivity contribution in [2.75, 3.05) is 26.3 Å². The lowest BCUT2D eigenvalue weighted by Gasteiger charge is -2.11. The molecule has 21 heavy (non-hydrogen) atoms. The first-order valence-electron chi connectivity index (χ1n) is 6.71. The number of hydrogen-bond acceptors (Lipinski definition) is 2. The molecule has 0 aromatic heterocycles.